The number of hydrogen-bond acceptors (Lipinski definition) is 4. The van der Waals surface area contributed by atoms with Crippen LogP contribution in [0.4, 0.5) is 5.82 Å². The summed E-state index contributed by atoms with van der Waals surface area (Å²) in [5.41, 5.74) is 0.135. The lowest BCUT2D eigenvalue weighted by Crippen LogP contribution is -2.30. The molecule has 81 valence electrons. The van der Waals surface area contributed by atoms with Gasteiger partial charge in [-0.15, -0.1) is 0 Å². The molecule has 2 heterocycles. The first kappa shape index (κ1) is 11.2. The van der Waals surface area contributed by atoms with E-state index < -0.39 is 0 Å². The Hall–Kier alpha value is -1.31. The van der Waals surface area contributed by atoms with E-state index in [1.807, 2.05) is 22.6 Å². The van der Waals surface area contributed by atoms with Crippen LogP contribution in [-0.2, 0) is 14.4 Å². The van der Waals surface area contributed by atoms with Crippen molar-refractivity contribution in [1.29, 1.82) is 0 Å². The van der Waals surface area contributed by atoms with Crippen molar-refractivity contribution in [1.82, 2.24) is 4.98 Å². The SMILES string of the molecule is O=[C]c1cc(I)cnc1N1C(=O)CCC1=O. The molecule has 6 heteroatoms. The van der Waals surface area contributed by atoms with Crippen LogP contribution in [0.2, 0.25) is 0 Å². The van der Waals surface area contributed by atoms with Gasteiger partial charge in [0.15, 0.2) is 5.82 Å². The minimum absolute atomic E-state index is 0.0860. The van der Waals surface area contributed by atoms with E-state index in [9.17, 15) is 14.4 Å². The number of pyridine rings is 1. The van der Waals surface area contributed by atoms with Gasteiger partial charge < -0.3 is 0 Å². The van der Waals surface area contributed by atoms with E-state index in [1.54, 1.807) is 6.29 Å². The maximum Gasteiger partial charge on any atom is 0.237 e. The first-order chi connectivity index (χ1) is 7.63. The predicted molar refractivity (Wildman–Crippen MR) is 63.5 cm³/mol. The third-order valence-corrected chi connectivity index (χ3v) is 2.80. The van der Waals surface area contributed by atoms with E-state index in [-0.39, 0.29) is 36.0 Å². The van der Waals surface area contributed by atoms with Crippen LogP contribution in [0.3, 0.4) is 0 Å². The van der Waals surface area contributed by atoms with Gasteiger partial charge in [-0.2, -0.15) is 0 Å². The van der Waals surface area contributed by atoms with Crippen LogP contribution in [0, 0.1) is 3.57 Å². The molecule has 16 heavy (non-hydrogen) atoms. The van der Waals surface area contributed by atoms with Crippen LogP contribution < -0.4 is 4.90 Å². The molecule has 0 N–H and O–H groups in total. The zero-order valence-corrected chi connectivity index (χ0v) is 10.2. The van der Waals surface area contributed by atoms with Gasteiger partial charge in [-0.1, -0.05) is 0 Å². The predicted octanol–water partition coefficient (Wildman–Crippen LogP) is 0.797. The number of carbonyl (C=O) groups is 2. The number of anilines is 1. The van der Waals surface area contributed by atoms with Crippen LogP contribution in [-0.4, -0.2) is 23.1 Å². The van der Waals surface area contributed by atoms with E-state index in [0.717, 1.165) is 8.47 Å². The van der Waals surface area contributed by atoms with Crippen LogP contribution >= 0.6 is 22.6 Å². The van der Waals surface area contributed by atoms with E-state index in [2.05, 4.69) is 4.98 Å². The molecule has 0 aromatic carbocycles. The summed E-state index contributed by atoms with van der Waals surface area (Å²) in [6, 6.07) is 1.54. The van der Waals surface area contributed by atoms with Gasteiger partial charge in [-0.05, 0) is 28.7 Å². The lowest BCUT2D eigenvalue weighted by molar-refractivity contribution is -0.121. The van der Waals surface area contributed by atoms with Crippen LogP contribution in [0.1, 0.15) is 18.4 Å². The number of amides is 2. The van der Waals surface area contributed by atoms with Gasteiger partial charge in [-0.3, -0.25) is 14.4 Å². The fourth-order valence-electron chi connectivity index (χ4n) is 1.50. The highest BCUT2D eigenvalue weighted by molar-refractivity contribution is 14.1. The van der Waals surface area contributed by atoms with Crippen molar-refractivity contribution in [3.63, 3.8) is 0 Å². The van der Waals surface area contributed by atoms with Crippen LogP contribution in [0.15, 0.2) is 12.3 Å². The molecule has 1 radical (unpaired) electrons. The van der Waals surface area contributed by atoms with E-state index in [0.29, 0.717) is 0 Å². The summed E-state index contributed by atoms with van der Waals surface area (Å²) >= 11 is 1.99. The van der Waals surface area contributed by atoms with Crippen LogP contribution in [0.5, 0.6) is 0 Å². The molecule has 2 rings (SSSR count). The molecule has 0 aliphatic carbocycles. The Labute approximate surface area is 105 Å². The summed E-state index contributed by atoms with van der Waals surface area (Å²) in [4.78, 5) is 38.6. The summed E-state index contributed by atoms with van der Waals surface area (Å²) in [6.45, 7) is 0. The van der Waals surface area contributed by atoms with Crippen molar-refractivity contribution in [2.75, 3.05) is 4.90 Å². The Kier molecular flexibility index (Phi) is 2.99. The van der Waals surface area contributed by atoms with Crippen molar-refractivity contribution in [2.45, 2.75) is 12.8 Å². The Morgan fingerprint density at radius 2 is 1.94 bits per heavy atom. The topological polar surface area (TPSA) is 67.3 Å². The molecule has 5 nitrogen and oxygen atoms in total. The molecule has 0 spiro atoms. The highest BCUT2D eigenvalue weighted by Gasteiger charge is 2.32. The normalized spacial score (nSPS) is 15.7. The number of aromatic nitrogens is 1. The minimum Gasteiger partial charge on any atom is -0.285 e. The monoisotopic (exact) mass is 329 g/mol. The number of rotatable bonds is 2. The Morgan fingerprint density at radius 3 is 2.50 bits per heavy atom. The third kappa shape index (κ3) is 1.84. The number of carbonyl (C=O) groups excluding carboxylic acids is 3. The molecule has 1 aliphatic rings. The number of hydrogen-bond donors (Lipinski definition) is 0. The summed E-state index contributed by atoms with van der Waals surface area (Å²) in [7, 11) is 0. The lowest BCUT2D eigenvalue weighted by atomic mass is 10.2. The van der Waals surface area contributed by atoms with Gasteiger partial charge in [0.1, 0.15) is 0 Å². The third-order valence-electron chi connectivity index (χ3n) is 2.21. The molecule has 2 amide bonds. The summed E-state index contributed by atoms with van der Waals surface area (Å²) < 4.78 is 0.749. The molecule has 1 aromatic rings. The first-order valence-corrected chi connectivity index (χ1v) is 5.61. The molecule has 1 aliphatic heterocycles. The van der Waals surface area contributed by atoms with Crippen molar-refractivity contribution in [3.8, 4) is 0 Å². The minimum atomic E-state index is -0.324. The number of halogens is 1. The van der Waals surface area contributed by atoms with Gasteiger partial charge in [-0.25, -0.2) is 9.88 Å². The van der Waals surface area contributed by atoms with E-state index >= 15 is 0 Å². The van der Waals surface area contributed by atoms with Gasteiger partial charge in [0.2, 0.25) is 18.1 Å². The van der Waals surface area contributed by atoms with Gasteiger partial charge in [0.25, 0.3) is 0 Å². The van der Waals surface area contributed by atoms with E-state index in [1.165, 1.54) is 12.3 Å². The highest BCUT2D eigenvalue weighted by Crippen LogP contribution is 2.24. The zero-order chi connectivity index (χ0) is 11.7. The average molecular weight is 329 g/mol. The maximum atomic E-state index is 11.5. The standard InChI is InChI=1S/C10H6IN2O3/c11-7-3-6(5-14)10(12-4-7)13-8(15)1-2-9(13)16/h3-4H,1-2H2. The maximum absolute atomic E-state index is 11.5. The van der Waals surface area contributed by atoms with Crippen molar-refractivity contribution < 1.29 is 14.4 Å². The molecule has 0 unspecified atom stereocenters. The Bertz CT molecular complexity index is 471. The van der Waals surface area contributed by atoms with Crippen molar-refractivity contribution >= 4 is 46.5 Å². The quantitative estimate of drug-likeness (QED) is 0.595. The Morgan fingerprint density at radius 1 is 1.31 bits per heavy atom. The molecule has 1 fully saturated rings. The smallest absolute Gasteiger partial charge is 0.237 e. The number of imide groups is 1. The molecular formula is C10H6IN2O3. The average Bonchev–Trinajstić information content (AvgIpc) is 2.59. The second-order valence-electron chi connectivity index (χ2n) is 3.25. The second-order valence-corrected chi connectivity index (χ2v) is 4.50. The Balaban J connectivity index is 2.51. The second kappa shape index (κ2) is 4.28. The summed E-state index contributed by atoms with van der Waals surface area (Å²) in [6.07, 6.45) is 3.53. The fourth-order valence-corrected chi connectivity index (χ4v) is 1.95. The lowest BCUT2D eigenvalue weighted by Gasteiger charge is -2.13. The van der Waals surface area contributed by atoms with Gasteiger partial charge in [0, 0.05) is 22.6 Å². The number of nitrogens with zero attached hydrogens (tertiary/aromatic N) is 2. The molecule has 0 bridgehead atoms. The highest BCUT2D eigenvalue weighted by atomic mass is 127. The summed E-state index contributed by atoms with van der Waals surface area (Å²) in [5, 5.41) is 0. The molecule has 0 saturated carbocycles. The fraction of sp³-hybridized carbons (Fsp3) is 0.200. The first-order valence-electron chi connectivity index (χ1n) is 4.53. The molecule has 1 aromatic heterocycles. The zero-order valence-electron chi connectivity index (χ0n) is 8.07. The van der Waals surface area contributed by atoms with Gasteiger partial charge in [0.05, 0.1) is 5.56 Å². The van der Waals surface area contributed by atoms with Crippen molar-refractivity contribution in [3.05, 3.63) is 21.4 Å². The largest absolute Gasteiger partial charge is 0.285 e. The molecule has 0 atom stereocenters. The van der Waals surface area contributed by atoms with Crippen molar-refractivity contribution in [2.24, 2.45) is 0 Å². The van der Waals surface area contributed by atoms with Crippen LogP contribution in [0.25, 0.3) is 0 Å². The molecular weight excluding hydrogens is 323 g/mol. The summed E-state index contributed by atoms with van der Waals surface area (Å²) in [5.74, 6) is -0.562. The molecule has 1 saturated heterocycles. The van der Waals surface area contributed by atoms with E-state index in [4.69, 9.17) is 0 Å². The van der Waals surface area contributed by atoms with Gasteiger partial charge >= 0.3 is 0 Å².